The smallest absolute Gasteiger partial charge is 0.307 e. The normalized spacial score (nSPS) is 29.4. The van der Waals surface area contributed by atoms with E-state index < -0.39 is 33.9 Å². The topological polar surface area (TPSA) is 94.9 Å². The number of rotatable bonds is 5. The third-order valence-corrected chi connectivity index (χ3v) is 4.80. The molecule has 0 aromatic rings. The molecule has 1 aliphatic rings. The second-order valence-corrected chi connectivity index (χ2v) is 6.69. The summed E-state index contributed by atoms with van der Waals surface area (Å²) in [6.07, 6.45) is -0.916. The number of hydrogen-bond donors (Lipinski definition) is 2. The van der Waals surface area contributed by atoms with Gasteiger partial charge >= 0.3 is 5.97 Å². The first-order chi connectivity index (χ1) is 7.76. The summed E-state index contributed by atoms with van der Waals surface area (Å²) >= 11 is 0. The maximum atomic E-state index is 11.4. The van der Waals surface area contributed by atoms with Crippen molar-refractivity contribution >= 4 is 15.8 Å². The Labute approximate surface area is 101 Å². The van der Waals surface area contributed by atoms with Gasteiger partial charge in [0.1, 0.15) is 0 Å². The fourth-order valence-electron chi connectivity index (χ4n) is 2.09. The Balaban J connectivity index is 2.72. The number of aliphatic hydroxyl groups is 1. The highest BCUT2D eigenvalue weighted by Crippen LogP contribution is 2.19. The summed E-state index contributed by atoms with van der Waals surface area (Å²) in [6, 6.07) is -0.480. The highest BCUT2D eigenvalue weighted by atomic mass is 32.2. The summed E-state index contributed by atoms with van der Waals surface area (Å²) in [4.78, 5) is 12.5. The van der Waals surface area contributed by atoms with Crippen molar-refractivity contribution in [2.75, 3.05) is 24.6 Å². The van der Waals surface area contributed by atoms with Crippen molar-refractivity contribution in [2.24, 2.45) is 5.92 Å². The highest BCUT2D eigenvalue weighted by Gasteiger charge is 2.40. The van der Waals surface area contributed by atoms with Gasteiger partial charge in [-0.15, -0.1) is 0 Å². The van der Waals surface area contributed by atoms with E-state index in [1.807, 2.05) is 6.92 Å². The molecule has 17 heavy (non-hydrogen) atoms. The van der Waals surface area contributed by atoms with Crippen LogP contribution in [0.15, 0.2) is 0 Å². The van der Waals surface area contributed by atoms with E-state index in [4.69, 9.17) is 5.11 Å². The molecule has 0 aromatic carbocycles. The zero-order chi connectivity index (χ0) is 13.2. The number of carboxylic acids is 1. The molecular weight excluding hydrogens is 246 g/mol. The van der Waals surface area contributed by atoms with Gasteiger partial charge in [-0.3, -0.25) is 9.69 Å². The van der Waals surface area contributed by atoms with Crippen LogP contribution in [0.4, 0.5) is 0 Å². The number of carboxylic acid groups (broad SMARTS) is 1. The fraction of sp³-hybridized carbons (Fsp3) is 0.900. The second-order valence-electron chi connectivity index (χ2n) is 4.54. The van der Waals surface area contributed by atoms with Crippen LogP contribution >= 0.6 is 0 Å². The first-order valence-corrected chi connectivity index (χ1v) is 7.44. The van der Waals surface area contributed by atoms with E-state index in [-0.39, 0.29) is 18.1 Å². The van der Waals surface area contributed by atoms with Gasteiger partial charge in [0, 0.05) is 6.54 Å². The molecule has 1 fully saturated rings. The van der Waals surface area contributed by atoms with E-state index in [0.717, 1.165) is 0 Å². The van der Waals surface area contributed by atoms with Gasteiger partial charge in [-0.05, 0) is 6.54 Å². The molecule has 2 N–H and O–H groups in total. The Morgan fingerprint density at radius 1 is 1.47 bits per heavy atom. The standard InChI is InChI=1S/C10H19NO5S/c1-3-11(4-7(2)10(13)14)8-5-17(15,16)6-9(8)12/h7-9,12H,3-6H2,1-2H3,(H,13,14). The predicted octanol–water partition coefficient (Wildman–Crippen LogP) is -0.813. The van der Waals surface area contributed by atoms with E-state index in [0.29, 0.717) is 6.54 Å². The molecule has 1 saturated heterocycles. The molecule has 1 rings (SSSR count). The van der Waals surface area contributed by atoms with E-state index in [9.17, 15) is 18.3 Å². The van der Waals surface area contributed by atoms with E-state index in [1.165, 1.54) is 0 Å². The third-order valence-electron chi connectivity index (χ3n) is 3.10. The number of carbonyl (C=O) groups is 1. The molecule has 1 aliphatic heterocycles. The minimum atomic E-state index is -3.19. The third kappa shape index (κ3) is 3.65. The molecule has 6 nitrogen and oxygen atoms in total. The average molecular weight is 265 g/mol. The maximum absolute atomic E-state index is 11.4. The summed E-state index contributed by atoms with van der Waals surface area (Å²) < 4.78 is 22.8. The molecular formula is C10H19NO5S. The maximum Gasteiger partial charge on any atom is 0.307 e. The second kappa shape index (κ2) is 5.32. The Bertz CT molecular complexity index is 380. The van der Waals surface area contributed by atoms with Crippen molar-refractivity contribution in [3.05, 3.63) is 0 Å². The largest absolute Gasteiger partial charge is 0.481 e. The Kier molecular flexibility index (Phi) is 4.51. The van der Waals surface area contributed by atoms with Crippen LogP contribution in [0.25, 0.3) is 0 Å². The van der Waals surface area contributed by atoms with Gasteiger partial charge in [0.05, 0.1) is 29.6 Å². The van der Waals surface area contributed by atoms with Crippen molar-refractivity contribution < 1.29 is 23.4 Å². The Hall–Kier alpha value is -0.660. The number of hydrogen-bond acceptors (Lipinski definition) is 5. The van der Waals surface area contributed by atoms with Crippen molar-refractivity contribution in [3.63, 3.8) is 0 Å². The van der Waals surface area contributed by atoms with Crippen LogP contribution in [0.3, 0.4) is 0 Å². The lowest BCUT2D eigenvalue weighted by molar-refractivity contribution is -0.142. The van der Waals surface area contributed by atoms with Crippen LogP contribution in [0, 0.1) is 5.92 Å². The van der Waals surface area contributed by atoms with Gasteiger partial charge in [0.25, 0.3) is 0 Å². The first-order valence-electron chi connectivity index (χ1n) is 5.62. The van der Waals surface area contributed by atoms with Gasteiger partial charge in [-0.25, -0.2) is 8.42 Å². The summed E-state index contributed by atoms with van der Waals surface area (Å²) in [5.74, 6) is -1.81. The van der Waals surface area contributed by atoms with E-state index in [1.54, 1.807) is 11.8 Å². The lowest BCUT2D eigenvalue weighted by Gasteiger charge is -2.30. The monoisotopic (exact) mass is 265 g/mol. The predicted molar refractivity (Wildman–Crippen MR) is 62.5 cm³/mol. The molecule has 3 unspecified atom stereocenters. The molecule has 3 atom stereocenters. The zero-order valence-electron chi connectivity index (χ0n) is 10.0. The molecule has 1 heterocycles. The van der Waals surface area contributed by atoms with Gasteiger partial charge < -0.3 is 10.2 Å². The Morgan fingerprint density at radius 3 is 2.41 bits per heavy atom. The number of aliphatic hydroxyl groups excluding tert-OH is 1. The quantitative estimate of drug-likeness (QED) is 0.675. The van der Waals surface area contributed by atoms with Gasteiger partial charge in [0.15, 0.2) is 9.84 Å². The Morgan fingerprint density at radius 2 is 2.06 bits per heavy atom. The lowest BCUT2D eigenvalue weighted by Crippen LogP contribution is -2.45. The lowest BCUT2D eigenvalue weighted by atomic mass is 10.1. The molecule has 0 radical (unpaired) electrons. The minimum Gasteiger partial charge on any atom is -0.481 e. The van der Waals surface area contributed by atoms with Crippen LogP contribution in [-0.2, 0) is 14.6 Å². The molecule has 0 aliphatic carbocycles. The van der Waals surface area contributed by atoms with Crippen LogP contribution in [-0.4, -0.2) is 66.2 Å². The van der Waals surface area contributed by atoms with Crippen LogP contribution in [0.2, 0.25) is 0 Å². The SMILES string of the molecule is CCN(CC(C)C(=O)O)C1CS(=O)(=O)CC1O. The number of sulfone groups is 1. The number of nitrogens with zero attached hydrogens (tertiary/aromatic N) is 1. The zero-order valence-corrected chi connectivity index (χ0v) is 10.9. The van der Waals surface area contributed by atoms with Crippen molar-refractivity contribution in [2.45, 2.75) is 26.0 Å². The van der Waals surface area contributed by atoms with E-state index >= 15 is 0 Å². The van der Waals surface area contributed by atoms with Crippen LogP contribution < -0.4 is 0 Å². The minimum absolute atomic E-state index is 0.0889. The summed E-state index contributed by atoms with van der Waals surface area (Å²) in [5.41, 5.74) is 0. The number of aliphatic carboxylic acids is 1. The molecule has 0 saturated carbocycles. The van der Waals surface area contributed by atoms with Crippen molar-refractivity contribution in [1.29, 1.82) is 0 Å². The van der Waals surface area contributed by atoms with Gasteiger partial charge in [-0.1, -0.05) is 13.8 Å². The fourth-order valence-corrected chi connectivity index (χ4v) is 3.92. The van der Waals surface area contributed by atoms with Crippen molar-refractivity contribution in [1.82, 2.24) is 4.90 Å². The average Bonchev–Trinajstić information content (AvgIpc) is 2.48. The van der Waals surface area contributed by atoms with Gasteiger partial charge in [-0.2, -0.15) is 0 Å². The van der Waals surface area contributed by atoms with Crippen molar-refractivity contribution in [3.8, 4) is 0 Å². The summed E-state index contributed by atoms with van der Waals surface area (Å²) in [6.45, 7) is 4.17. The van der Waals surface area contributed by atoms with Crippen LogP contribution in [0.1, 0.15) is 13.8 Å². The molecule has 100 valence electrons. The molecule has 0 amide bonds. The van der Waals surface area contributed by atoms with Gasteiger partial charge in [0.2, 0.25) is 0 Å². The highest BCUT2D eigenvalue weighted by molar-refractivity contribution is 7.91. The summed E-state index contributed by atoms with van der Waals surface area (Å²) in [7, 11) is -3.19. The summed E-state index contributed by atoms with van der Waals surface area (Å²) in [5, 5.41) is 18.5. The molecule has 0 aromatic heterocycles. The van der Waals surface area contributed by atoms with Crippen LogP contribution in [0.5, 0.6) is 0 Å². The molecule has 0 spiro atoms. The molecule has 7 heteroatoms. The van der Waals surface area contributed by atoms with E-state index in [2.05, 4.69) is 0 Å². The first kappa shape index (κ1) is 14.4. The molecule has 0 bridgehead atoms. The number of likely N-dealkylation sites (N-methyl/N-ethyl adjacent to an activating group) is 1.